The summed E-state index contributed by atoms with van der Waals surface area (Å²) in [5.41, 5.74) is 7.37. The van der Waals surface area contributed by atoms with E-state index in [-0.39, 0.29) is 11.8 Å². The van der Waals surface area contributed by atoms with Crippen molar-refractivity contribution in [2.45, 2.75) is 25.3 Å². The Kier molecular flexibility index (Phi) is 4.19. The molecule has 4 nitrogen and oxygen atoms in total. The van der Waals surface area contributed by atoms with Gasteiger partial charge in [0.1, 0.15) is 5.75 Å². The van der Waals surface area contributed by atoms with Gasteiger partial charge in [-0.25, -0.2) is 0 Å². The van der Waals surface area contributed by atoms with Crippen LogP contribution in [0, 0.1) is 5.92 Å². The molecule has 0 aromatic heterocycles. The predicted molar refractivity (Wildman–Crippen MR) is 84.7 cm³/mol. The van der Waals surface area contributed by atoms with Crippen LogP contribution in [0.25, 0.3) is 0 Å². The van der Waals surface area contributed by atoms with Crippen molar-refractivity contribution in [3.63, 3.8) is 0 Å². The number of rotatable bonds is 3. The molecule has 5 heteroatoms. The number of halogens is 1. The zero-order valence-corrected chi connectivity index (χ0v) is 13.2. The van der Waals surface area contributed by atoms with E-state index in [1.807, 2.05) is 6.07 Å². The molecule has 0 spiro atoms. The standard InChI is InChI=1S/C15H22BrN3O/c16-11-4-5-12(17)15(20)13(11)14(10-2-1-3-10)19-8-6-18-7-9-19/h4-5,10,14,18,20H,1-3,6-9,17H2/t14-/m0/s1. The van der Waals surface area contributed by atoms with E-state index in [0.717, 1.165) is 36.2 Å². The molecule has 110 valence electrons. The van der Waals surface area contributed by atoms with Gasteiger partial charge in [-0.05, 0) is 30.9 Å². The minimum absolute atomic E-state index is 0.259. The van der Waals surface area contributed by atoms with Crippen LogP contribution in [0.2, 0.25) is 0 Å². The molecule has 2 fully saturated rings. The van der Waals surface area contributed by atoms with Crippen molar-refractivity contribution in [2.24, 2.45) is 5.92 Å². The van der Waals surface area contributed by atoms with Gasteiger partial charge in [-0.1, -0.05) is 22.4 Å². The van der Waals surface area contributed by atoms with Crippen molar-refractivity contribution >= 4 is 21.6 Å². The van der Waals surface area contributed by atoms with Crippen molar-refractivity contribution in [1.29, 1.82) is 0 Å². The zero-order chi connectivity index (χ0) is 14.1. The molecule has 4 N–H and O–H groups in total. The Morgan fingerprint density at radius 3 is 2.60 bits per heavy atom. The summed E-state index contributed by atoms with van der Waals surface area (Å²) in [7, 11) is 0. The summed E-state index contributed by atoms with van der Waals surface area (Å²) in [6.45, 7) is 4.09. The lowest BCUT2D eigenvalue weighted by Gasteiger charge is -2.43. The monoisotopic (exact) mass is 339 g/mol. The van der Waals surface area contributed by atoms with Crippen molar-refractivity contribution < 1.29 is 5.11 Å². The maximum absolute atomic E-state index is 10.5. The number of hydrogen-bond acceptors (Lipinski definition) is 4. The molecule has 1 saturated carbocycles. The number of nitrogens with two attached hydrogens (primary N) is 1. The summed E-state index contributed by atoms with van der Waals surface area (Å²) in [5.74, 6) is 0.895. The van der Waals surface area contributed by atoms with E-state index < -0.39 is 0 Å². The number of piperazine rings is 1. The number of aromatic hydroxyl groups is 1. The van der Waals surface area contributed by atoms with Crippen LogP contribution in [0.5, 0.6) is 5.75 Å². The first kappa shape index (κ1) is 14.2. The van der Waals surface area contributed by atoms with Gasteiger partial charge in [-0.3, -0.25) is 4.90 Å². The van der Waals surface area contributed by atoms with Gasteiger partial charge < -0.3 is 16.2 Å². The van der Waals surface area contributed by atoms with Gasteiger partial charge in [0.25, 0.3) is 0 Å². The van der Waals surface area contributed by atoms with Gasteiger partial charge in [0, 0.05) is 42.3 Å². The summed E-state index contributed by atoms with van der Waals surface area (Å²) in [6, 6.07) is 4.00. The molecule has 3 rings (SSSR count). The van der Waals surface area contributed by atoms with Crippen LogP contribution in [-0.2, 0) is 0 Å². The third kappa shape index (κ3) is 2.54. The summed E-state index contributed by atoms with van der Waals surface area (Å²) >= 11 is 3.61. The molecule has 0 unspecified atom stereocenters. The maximum Gasteiger partial charge on any atom is 0.144 e. The van der Waals surface area contributed by atoms with Crippen molar-refractivity contribution in [2.75, 3.05) is 31.9 Å². The Hall–Kier alpha value is -0.780. The minimum Gasteiger partial charge on any atom is -0.505 e. The molecule has 0 bridgehead atoms. The van der Waals surface area contributed by atoms with E-state index in [9.17, 15) is 5.11 Å². The molecular formula is C15H22BrN3O. The van der Waals surface area contributed by atoms with Crippen LogP contribution < -0.4 is 11.1 Å². The van der Waals surface area contributed by atoms with E-state index in [1.165, 1.54) is 19.3 Å². The number of phenols is 1. The van der Waals surface area contributed by atoms with Crippen LogP contribution in [0.15, 0.2) is 16.6 Å². The quantitative estimate of drug-likeness (QED) is 0.584. The molecule has 1 heterocycles. The van der Waals surface area contributed by atoms with Crippen molar-refractivity contribution in [1.82, 2.24) is 10.2 Å². The predicted octanol–water partition coefficient (Wildman–Crippen LogP) is 2.48. The van der Waals surface area contributed by atoms with Crippen LogP contribution in [-0.4, -0.2) is 36.2 Å². The largest absolute Gasteiger partial charge is 0.505 e. The first-order valence-corrected chi connectivity index (χ1v) is 8.19. The van der Waals surface area contributed by atoms with E-state index >= 15 is 0 Å². The maximum atomic E-state index is 10.5. The third-order valence-corrected chi connectivity index (χ3v) is 5.32. The number of anilines is 1. The lowest BCUT2D eigenvalue weighted by Crippen LogP contribution is -2.48. The van der Waals surface area contributed by atoms with Gasteiger partial charge in [-0.2, -0.15) is 0 Å². The second kappa shape index (κ2) is 5.92. The first-order chi connectivity index (χ1) is 9.68. The smallest absolute Gasteiger partial charge is 0.144 e. The van der Waals surface area contributed by atoms with Crippen LogP contribution >= 0.6 is 15.9 Å². The van der Waals surface area contributed by atoms with Gasteiger partial charge in [-0.15, -0.1) is 0 Å². The summed E-state index contributed by atoms with van der Waals surface area (Å²) in [5, 5.41) is 13.8. The molecule has 20 heavy (non-hydrogen) atoms. The summed E-state index contributed by atoms with van der Waals surface area (Å²) < 4.78 is 0.972. The van der Waals surface area contributed by atoms with Crippen LogP contribution in [0.1, 0.15) is 30.9 Å². The highest BCUT2D eigenvalue weighted by atomic mass is 79.9. The van der Waals surface area contributed by atoms with E-state index in [0.29, 0.717) is 11.6 Å². The van der Waals surface area contributed by atoms with Crippen molar-refractivity contribution in [3.05, 3.63) is 22.2 Å². The van der Waals surface area contributed by atoms with Crippen molar-refractivity contribution in [3.8, 4) is 5.75 Å². The Labute approximate surface area is 128 Å². The highest BCUT2D eigenvalue weighted by Crippen LogP contribution is 2.47. The molecule has 1 aromatic rings. The minimum atomic E-state index is 0.259. The molecule has 0 radical (unpaired) electrons. The molecule has 1 atom stereocenters. The molecule has 0 amide bonds. The fourth-order valence-electron chi connectivity index (χ4n) is 3.31. The van der Waals surface area contributed by atoms with E-state index in [1.54, 1.807) is 6.07 Å². The number of phenolic OH excluding ortho intramolecular Hbond substituents is 1. The number of hydrogen-bond donors (Lipinski definition) is 3. The fourth-order valence-corrected chi connectivity index (χ4v) is 3.87. The Balaban J connectivity index is 1.98. The number of nitrogens with zero attached hydrogens (tertiary/aromatic N) is 1. The average molecular weight is 340 g/mol. The van der Waals surface area contributed by atoms with Gasteiger partial charge in [0.2, 0.25) is 0 Å². The molecule has 1 saturated heterocycles. The Bertz CT molecular complexity index is 484. The third-order valence-electron chi connectivity index (χ3n) is 4.63. The highest BCUT2D eigenvalue weighted by Gasteiger charge is 2.36. The zero-order valence-electron chi connectivity index (χ0n) is 11.6. The second-order valence-electron chi connectivity index (χ2n) is 5.82. The molecular weight excluding hydrogens is 318 g/mol. The number of nitrogens with one attached hydrogen (secondary N) is 1. The van der Waals surface area contributed by atoms with Gasteiger partial charge >= 0.3 is 0 Å². The molecule has 1 aliphatic heterocycles. The van der Waals surface area contributed by atoms with Gasteiger partial charge in [0.15, 0.2) is 0 Å². The number of nitrogen functional groups attached to an aromatic ring is 1. The molecule has 1 aliphatic carbocycles. The fraction of sp³-hybridized carbons (Fsp3) is 0.600. The van der Waals surface area contributed by atoms with Crippen LogP contribution in [0.4, 0.5) is 5.69 Å². The second-order valence-corrected chi connectivity index (χ2v) is 6.68. The lowest BCUT2D eigenvalue weighted by molar-refractivity contribution is 0.0815. The van der Waals surface area contributed by atoms with Gasteiger partial charge in [0.05, 0.1) is 5.69 Å². The molecule has 2 aliphatic rings. The summed E-state index contributed by atoms with van der Waals surface area (Å²) in [4.78, 5) is 2.50. The lowest BCUT2D eigenvalue weighted by atomic mass is 9.76. The normalized spacial score (nSPS) is 22.4. The average Bonchev–Trinajstić information content (AvgIpc) is 2.41. The van der Waals surface area contributed by atoms with E-state index in [4.69, 9.17) is 5.73 Å². The first-order valence-electron chi connectivity index (χ1n) is 7.40. The Morgan fingerprint density at radius 1 is 1.30 bits per heavy atom. The molecule has 1 aromatic carbocycles. The Morgan fingerprint density at radius 2 is 2.00 bits per heavy atom. The highest BCUT2D eigenvalue weighted by molar-refractivity contribution is 9.10. The topological polar surface area (TPSA) is 61.5 Å². The summed E-state index contributed by atoms with van der Waals surface area (Å²) in [6.07, 6.45) is 3.79. The number of benzene rings is 1. The SMILES string of the molecule is Nc1ccc(Br)c([C@H](C2CCC2)N2CCNCC2)c1O. The van der Waals surface area contributed by atoms with E-state index in [2.05, 4.69) is 26.1 Å². The van der Waals surface area contributed by atoms with Crippen LogP contribution in [0.3, 0.4) is 0 Å².